The summed E-state index contributed by atoms with van der Waals surface area (Å²) in [6.07, 6.45) is 1.40. The van der Waals surface area contributed by atoms with Crippen LogP contribution in [0.4, 0.5) is 8.78 Å². The highest BCUT2D eigenvalue weighted by Gasteiger charge is 2.41. The molecular weight excluding hydrogens is 652 g/mol. The molecule has 0 saturated heterocycles. The fourth-order valence-corrected chi connectivity index (χ4v) is 8.35. The normalized spacial score (nSPS) is 14.1. The summed E-state index contributed by atoms with van der Waals surface area (Å²) in [7, 11) is -3.00. The minimum atomic E-state index is -4.28. The van der Waals surface area contributed by atoms with E-state index in [0.717, 1.165) is 12.0 Å². The van der Waals surface area contributed by atoms with Crippen LogP contribution in [0.1, 0.15) is 40.7 Å². The van der Waals surface area contributed by atoms with E-state index in [0.29, 0.717) is 56.6 Å². The second-order valence-electron chi connectivity index (χ2n) is 12.1. The molecule has 0 amide bonds. The summed E-state index contributed by atoms with van der Waals surface area (Å²) < 4.78 is 66.9. The molecule has 5 nitrogen and oxygen atoms in total. The predicted molar refractivity (Wildman–Crippen MR) is 185 cm³/mol. The zero-order valence-corrected chi connectivity index (χ0v) is 27.7. The minimum absolute atomic E-state index is 0.0500. The largest absolute Gasteiger partial charge is 0.465 e. The van der Waals surface area contributed by atoms with Crippen molar-refractivity contribution in [3.05, 3.63) is 137 Å². The number of ether oxygens (including phenoxy) is 1. The number of esters is 1. The Kier molecular flexibility index (Phi) is 7.96. The average molecular weight is 682 g/mol. The number of carbonyl (C=O) groups is 1. The van der Waals surface area contributed by atoms with Crippen molar-refractivity contribution in [2.45, 2.75) is 36.8 Å². The van der Waals surface area contributed by atoms with E-state index < -0.39 is 27.5 Å². The van der Waals surface area contributed by atoms with Crippen molar-refractivity contribution >= 4 is 38.5 Å². The predicted octanol–water partition coefficient (Wildman–Crippen LogP) is 10.1. The van der Waals surface area contributed by atoms with E-state index in [4.69, 9.17) is 16.3 Å². The van der Waals surface area contributed by atoms with E-state index in [1.54, 1.807) is 78.9 Å². The number of aromatic nitrogens is 1. The van der Waals surface area contributed by atoms with Crippen LogP contribution in [0.3, 0.4) is 0 Å². The van der Waals surface area contributed by atoms with Gasteiger partial charge in [0, 0.05) is 27.1 Å². The Morgan fingerprint density at radius 2 is 1.58 bits per heavy atom. The van der Waals surface area contributed by atoms with Crippen LogP contribution in [0.5, 0.6) is 0 Å². The Bertz CT molecular complexity index is 2350. The molecule has 0 radical (unpaired) electrons. The van der Waals surface area contributed by atoms with Crippen LogP contribution < -0.4 is 0 Å². The summed E-state index contributed by atoms with van der Waals surface area (Å²) in [6, 6.07) is 29.5. The molecule has 0 N–H and O–H groups in total. The number of nitrogens with zero attached hydrogens (tertiary/aromatic N) is 1. The van der Waals surface area contributed by atoms with Gasteiger partial charge in [0.25, 0.3) is 10.0 Å². The monoisotopic (exact) mass is 681 g/mol. The van der Waals surface area contributed by atoms with Gasteiger partial charge >= 0.3 is 5.97 Å². The molecule has 1 aliphatic rings. The molecule has 0 spiro atoms. The van der Waals surface area contributed by atoms with Crippen LogP contribution in [0.15, 0.2) is 114 Å². The summed E-state index contributed by atoms with van der Waals surface area (Å²) in [5, 5.41) is 0.627. The van der Waals surface area contributed by atoms with Gasteiger partial charge in [0.05, 0.1) is 28.8 Å². The zero-order valence-electron chi connectivity index (χ0n) is 26.1. The number of hydrogen-bond acceptors (Lipinski definition) is 4. The molecule has 242 valence electrons. The van der Waals surface area contributed by atoms with Crippen molar-refractivity contribution in [2.24, 2.45) is 0 Å². The Morgan fingerprint density at radius 3 is 2.27 bits per heavy atom. The minimum Gasteiger partial charge on any atom is -0.465 e. The van der Waals surface area contributed by atoms with Crippen LogP contribution in [-0.2, 0) is 20.4 Å². The first-order valence-electron chi connectivity index (χ1n) is 15.5. The van der Waals surface area contributed by atoms with Gasteiger partial charge < -0.3 is 4.74 Å². The van der Waals surface area contributed by atoms with Crippen LogP contribution in [0.25, 0.3) is 44.4 Å². The SMILES string of the molecule is COC(=O)c1ccc(-c2cccc(-c3c(-c4ccccc4C4(F)CCC4)c4cc(F)ccc4n3S(=O)(=O)c3ccc(C)cc3)c2)c(Cl)c1. The summed E-state index contributed by atoms with van der Waals surface area (Å²) in [5.74, 6) is -1.09. The van der Waals surface area contributed by atoms with Gasteiger partial charge in [-0.3, -0.25) is 0 Å². The van der Waals surface area contributed by atoms with E-state index in [9.17, 15) is 13.2 Å². The summed E-state index contributed by atoms with van der Waals surface area (Å²) >= 11 is 6.67. The highest BCUT2D eigenvalue weighted by atomic mass is 35.5. The second-order valence-corrected chi connectivity index (χ2v) is 14.3. The van der Waals surface area contributed by atoms with Gasteiger partial charge in [0.1, 0.15) is 11.5 Å². The van der Waals surface area contributed by atoms with E-state index in [1.165, 1.54) is 35.3 Å². The van der Waals surface area contributed by atoms with Crippen molar-refractivity contribution in [1.29, 1.82) is 0 Å². The Labute approximate surface area is 282 Å². The fraction of sp³-hybridized carbons (Fsp3) is 0.154. The number of benzene rings is 5. The lowest BCUT2D eigenvalue weighted by Crippen LogP contribution is -2.29. The third kappa shape index (κ3) is 5.29. The van der Waals surface area contributed by atoms with E-state index in [1.807, 2.05) is 13.0 Å². The molecule has 0 atom stereocenters. The number of hydrogen-bond donors (Lipinski definition) is 0. The number of halogens is 3. The fourth-order valence-electron chi connectivity index (χ4n) is 6.51. The zero-order chi connectivity index (χ0) is 33.8. The number of fused-ring (bicyclic) bond motifs is 1. The average Bonchev–Trinajstić information content (AvgIpc) is 3.42. The first kappa shape index (κ1) is 31.8. The third-order valence-corrected chi connectivity index (χ3v) is 11.1. The van der Waals surface area contributed by atoms with E-state index >= 15 is 8.78 Å². The van der Waals surface area contributed by atoms with Crippen molar-refractivity contribution in [2.75, 3.05) is 7.11 Å². The lowest BCUT2D eigenvalue weighted by Gasteiger charge is -2.36. The second kappa shape index (κ2) is 12.0. The molecular formula is C39H30ClF2NO4S. The van der Waals surface area contributed by atoms with Crippen molar-refractivity contribution in [3.63, 3.8) is 0 Å². The summed E-state index contributed by atoms with van der Waals surface area (Å²) in [5.41, 5.74) is 3.15. The number of aryl methyl sites for hydroxylation is 1. The topological polar surface area (TPSA) is 65.4 Å². The molecule has 1 aromatic heterocycles. The Morgan fingerprint density at radius 1 is 0.854 bits per heavy atom. The van der Waals surface area contributed by atoms with Crippen molar-refractivity contribution < 1.29 is 26.7 Å². The highest BCUT2D eigenvalue weighted by Crippen LogP contribution is 2.52. The summed E-state index contributed by atoms with van der Waals surface area (Å²) in [6.45, 7) is 1.87. The van der Waals surface area contributed by atoms with Crippen molar-refractivity contribution in [1.82, 2.24) is 3.97 Å². The molecule has 9 heteroatoms. The lowest BCUT2D eigenvalue weighted by atomic mass is 9.74. The van der Waals surface area contributed by atoms with Gasteiger partial charge in [-0.1, -0.05) is 77.8 Å². The molecule has 1 fully saturated rings. The molecule has 0 aliphatic heterocycles. The molecule has 0 unspecified atom stereocenters. The Hall–Kier alpha value is -4.79. The standard InChI is InChI=1S/C39H30ClF2NO4S/c1-24-11-15-29(16-12-24)48(45,46)43-35-18-14-28(41)23-32(35)36(31-9-3-4-10-33(31)39(42)19-6-20-39)37(43)26-8-5-7-25(21-26)30-17-13-27(22-34(30)40)38(44)47-2/h3-5,7-18,21-23H,6,19-20H2,1-2H3. The molecule has 7 rings (SSSR count). The maximum atomic E-state index is 16.3. The lowest BCUT2D eigenvalue weighted by molar-refractivity contribution is 0.0599. The highest BCUT2D eigenvalue weighted by molar-refractivity contribution is 7.90. The van der Waals surface area contributed by atoms with Gasteiger partial charge in [-0.25, -0.2) is 26.0 Å². The number of methoxy groups -OCH3 is 1. The maximum Gasteiger partial charge on any atom is 0.337 e. The van der Waals surface area contributed by atoms with Crippen LogP contribution in [0, 0.1) is 12.7 Å². The number of alkyl halides is 1. The van der Waals surface area contributed by atoms with Gasteiger partial charge in [-0.05, 0) is 91.4 Å². The molecule has 0 bridgehead atoms. The third-order valence-electron chi connectivity index (χ3n) is 9.11. The Balaban J connectivity index is 1.57. The molecule has 6 aromatic rings. The van der Waals surface area contributed by atoms with Gasteiger partial charge in [0.2, 0.25) is 0 Å². The van der Waals surface area contributed by atoms with E-state index in [2.05, 4.69) is 0 Å². The first-order valence-corrected chi connectivity index (χ1v) is 17.3. The van der Waals surface area contributed by atoms with Gasteiger partial charge in [-0.2, -0.15) is 0 Å². The van der Waals surface area contributed by atoms with E-state index in [-0.39, 0.29) is 21.7 Å². The number of carbonyl (C=O) groups excluding carboxylic acids is 1. The van der Waals surface area contributed by atoms with Gasteiger partial charge in [-0.15, -0.1) is 0 Å². The molecule has 1 saturated carbocycles. The molecule has 1 aliphatic carbocycles. The van der Waals surface area contributed by atoms with Crippen LogP contribution in [0.2, 0.25) is 5.02 Å². The smallest absolute Gasteiger partial charge is 0.337 e. The molecule has 1 heterocycles. The summed E-state index contributed by atoms with van der Waals surface area (Å²) in [4.78, 5) is 12.2. The molecule has 5 aromatic carbocycles. The van der Waals surface area contributed by atoms with Gasteiger partial charge in [0.15, 0.2) is 0 Å². The van der Waals surface area contributed by atoms with Crippen LogP contribution in [-0.4, -0.2) is 25.5 Å². The maximum absolute atomic E-state index is 16.3. The number of rotatable bonds is 7. The quantitative estimate of drug-likeness (QED) is 0.157. The molecule has 48 heavy (non-hydrogen) atoms. The first-order chi connectivity index (χ1) is 23.0. The van der Waals surface area contributed by atoms with Crippen molar-refractivity contribution in [3.8, 4) is 33.5 Å². The van der Waals surface area contributed by atoms with Crippen LogP contribution >= 0.6 is 11.6 Å².